The van der Waals surface area contributed by atoms with Crippen molar-refractivity contribution in [1.29, 1.82) is 0 Å². The first kappa shape index (κ1) is 21.0. The van der Waals surface area contributed by atoms with Gasteiger partial charge >= 0.3 is 0 Å². The molecule has 0 radical (unpaired) electrons. The number of unbranched alkanes of at least 4 members (excludes halogenated alkanes) is 1. The summed E-state index contributed by atoms with van der Waals surface area (Å²) >= 11 is 0. The topological polar surface area (TPSA) is 92.0 Å². The number of likely N-dealkylation sites (tertiary alicyclic amines) is 1. The monoisotopic (exact) mass is 367 g/mol. The summed E-state index contributed by atoms with van der Waals surface area (Å²) in [6.07, 6.45) is 7.79. The second-order valence-electron chi connectivity index (χ2n) is 7.52. The Morgan fingerprint density at radius 3 is 2.42 bits per heavy atom. The Morgan fingerprint density at radius 2 is 1.81 bits per heavy atom. The number of carbonyl (C=O) groups is 1. The minimum atomic E-state index is -0.137. The zero-order valence-electron chi connectivity index (χ0n) is 16.3. The van der Waals surface area contributed by atoms with Crippen molar-refractivity contribution < 1.29 is 9.53 Å². The van der Waals surface area contributed by atoms with E-state index in [1.54, 1.807) is 0 Å². The lowest BCUT2D eigenvalue weighted by atomic mass is 9.96. The third kappa shape index (κ3) is 8.85. The van der Waals surface area contributed by atoms with Crippen LogP contribution in [0.5, 0.6) is 0 Å². The molecule has 1 aliphatic carbocycles. The molecule has 4 N–H and O–H groups in total. The molecule has 2 rings (SSSR count). The first-order valence-corrected chi connectivity index (χ1v) is 10.2. The summed E-state index contributed by atoms with van der Waals surface area (Å²) in [5, 5.41) is 6.70. The Balaban J connectivity index is 1.40. The second-order valence-corrected chi connectivity index (χ2v) is 7.52. The molecule has 7 nitrogen and oxygen atoms in total. The van der Waals surface area contributed by atoms with Crippen LogP contribution in [0.2, 0.25) is 0 Å². The Kier molecular flexibility index (Phi) is 9.77. The van der Waals surface area contributed by atoms with Crippen molar-refractivity contribution >= 4 is 11.9 Å². The Hall–Kier alpha value is -1.34. The van der Waals surface area contributed by atoms with Gasteiger partial charge < -0.3 is 26.0 Å². The second kappa shape index (κ2) is 12.1. The zero-order valence-corrected chi connectivity index (χ0v) is 16.3. The first-order chi connectivity index (χ1) is 12.7. The van der Waals surface area contributed by atoms with E-state index in [2.05, 4.69) is 20.5 Å². The third-order valence-corrected chi connectivity index (χ3v) is 5.22. The van der Waals surface area contributed by atoms with E-state index in [4.69, 9.17) is 10.5 Å². The van der Waals surface area contributed by atoms with Gasteiger partial charge in [-0.25, -0.2) is 0 Å². The molecule has 1 saturated heterocycles. The molecule has 0 aromatic rings. The maximum absolute atomic E-state index is 11.2. The van der Waals surface area contributed by atoms with Crippen LogP contribution in [0.25, 0.3) is 0 Å². The number of nitrogens with zero attached hydrogens (tertiary/aromatic N) is 2. The SMILES string of the molecule is CN=C(NCCCCN1CCC(C(N)=O)CC1)NCCCOCC1CC1. The number of hydrogen-bond donors (Lipinski definition) is 3. The minimum Gasteiger partial charge on any atom is -0.381 e. The molecule has 26 heavy (non-hydrogen) atoms. The molecule has 1 aliphatic heterocycles. The Morgan fingerprint density at radius 1 is 1.12 bits per heavy atom. The maximum Gasteiger partial charge on any atom is 0.220 e. The average Bonchev–Trinajstić information content (AvgIpc) is 3.47. The molecule has 1 heterocycles. The fourth-order valence-electron chi connectivity index (χ4n) is 3.24. The van der Waals surface area contributed by atoms with Gasteiger partial charge in [0.05, 0.1) is 0 Å². The van der Waals surface area contributed by atoms with Crippen LogP contribution < -0.4 is 16.4 Å². The lowest BCUT2D eigenvalue weighted by molar-refractivity contribution is -0.123. The van der Waals surface area contributed by atoms with Crippen molar-refractivity contribution in [3.05, 3.63) is 0 Å². The summed E-state index contributed by atoms with van der Waals surface area (Å²) < 4.78 is 5.63. The summed E-state index contributed by atoms with van der Waals surface area (Å²) in [5.41, 5.74) is 5.38. The molecule has 1 saturated carbocycles. The molecule has 0 bridgehead atoms. The quantitative estimate of drug-likeness (QED) is 0.271. The van der Waals surface area contributed by atoms with E-state index in [0.29, 0.717) is 0 Å². The van der Waals surface area contributed by atoms with E-state index in [0.717, 1.165) is 89.9 Å². The average molecular weight is 368 g/mol. The highest BCUT2D eigenvalue weighted by Crippen LogP contribution is 2.28. The number of amides is 1. The highest BCUT2D eigenvalue weighted by molar-refractivity contribution is 5.79. The fraction of sp³-hybridized carbons (Fsp3) is 0.895. The normalized spacial score (nSPS) is 19.5. The number of aliphatic imine (C=N–C) groups is 1. The van der Waals surface area contributed by atoms with Gasteiger partial charge in [0.15, 0.2) is 5.96 Å². The molecule has 0 aromatic carbocycles. The lowest BCUT2D eigenvalue weighted by Gasteiger charge is -2.30. The van der Waals surface area contributed by atoms with Gasteiger partial charge in [0.2, 0.25) is 5.91 Å². The highest BCUT2D eigenvalue weighted by atomic mass is 16.5. The predicted molar refractivity (Wildman–Crippen MR) is 105 cm³/mol. The number of primary amides is 1. The highest BCUT2D eigenvalue weighted by Gasteiger charge is 2.22. The maximum atomic E-state index is 11.2. The van der Waals surface area contributed by atoms with E-state index >= 15 is 0 Å². The number of carbonyl (C=O) groups excluding carboxylic acids is 1. The molecular formula is C19H37N5O2. The molecule has 0 aromatic heterocycles. The van der Waals surface area contributed by atoms with Gasteiger partial charge in [0.25, 0.3) is 0 Å². The fourth-order valence-corrected chi connectivity index (χ4v) is 3.24. The van der Waals surface area contributed by atoms with Gasteiger partial charge in [-0.1, -0.05) is 0 Å². The summed E-state index contributed by atoms with van der Waals surface area (Å²) in [5.74, 6) is 1.66. The predicted octanol–water partition coefficient (Wildman–Crippen LogP) is 0.946. The van der Waals surface area contributed by atoms with Crippen LogP contribution in [-0.4, -0.2) is 69.8 Å². The van der Waals surface area contributed by atoms with Gasteiger partial charge in [0.1, 0.15) is 0 Å². The van der Waals surface area contributed by atoms with Crippen molar-refractivity contribution in [2.24, 2.45) is 22.6 Å². The van der Waals surface area contributed by atoms with Crippen LogP contribution in [0.15, 0.2) is 4.99 Å². The molecule has 2 fully saturated rings. The van der Waals surface area contributed by atoms with Crippen molar-refractivity contribution in [2.45, 2.75) is 44.9 Å². The number of hydrogen-bond acceptors (Lipinski definition) is 4. The van der Waals surface area contributed by atoms with E-state index in [1.165, 1.54) is 12.8 Å². The first-order valence-electron chi connectivity index (χ1n) is 10.2. The number of nitrogens with two attached hydrogens (primary N) is 1. The number of rotatable bonds is 12. The Bertz CT molecular complexity index is 432. The van der Waals surface area contributed by atoms with Gasteiger partial charge in [-0.2, -0.15) is 0 Å². The van der Waals surface area contributed by atoms with Crippen molar-refractivity contribution in [1.82, 2.24) is 15.5 Å². The third-order valence-electron chi connectivity index (χ3n) is 5.22. The largest absolute Gasteiger partial charge is 0.381 e. The minimum absolute atomic E-state index is 0.0846. The van der Waals surface area contributed by atoms with Crippen LogP contribution in [0.4, 0.5) is 0 Å². The number of nitrogens with one attached hydrogen (secondary N) is 2. The van der Waals surface area contributed by atoms with Crippen LogP contribution in [0.1, 0.15) is 44.9 Å². The molecule has 0 atom stereocenters. The van der Waals surface area contributed by atoms with Gasteiger partial charge in [-0.3, -0.25) is 9.79 Å². The van der Waals surface area contributed by atoms with Crippen LogP contribution in [0.3, 0.4) is 0 Å². The standard InChI is InChI=1S/C19H37N5O2/c1-21-19(23-10-4-14-26-15-16-5-6-16)22-9-2-3-11-24-12-7-17(8-13-24)18(20)25/h16-17H,2-15H2,1H3,(H2,20,25)(H2,21,22,23). The molecule has 7 heteroatoms. The number of guanidine groups is 1. The van der Waals surface area contributed by atoms with Crippen molar-refractivity contribution in [2.75, 3.05) is 53.0 Å². The Labute approximate surface area is 158 Å². The summed E-state index contributed by atoms with van der Waals surface area (Å²) in [6, 6.07) is 0. The molecule has 2 aliphatic rings. The summed E-state index contributed by atoms with van der Waals surface area (Å²) in [6.45, 7) is 6.66. The molecule has 150 valence electrons. The summed E-state index contributed by atoms with van der Waals surface area (Å²) in [4.78, 5) is 17.9. The van der Waals surface area contributed by atoms with Crippen molar-refractivity contribution in [3.63, 3.8) is 0 Å². The number of ether oxygens (including phenoxy) is 1. The smallest absolute Gasteiger partial charge is 0.220 e. The van der Waals surface area contributed by atoms with Gasteiger partial charge in [0, 0.05) is 39.3 Å². The van der Waals surface area contributed by atoms with E-state index in [-0.39, 0.29) is 11.8 Å². The lowest BCUT2D eigenvalue weighted by Crippen LogP contribution is -2.40. The molecule has 0 spiro atoms. The van der Waals surface area contributed by atoms with E-state index in [1.807, 2.05) is 7.05 Å². The van der Waals surface area contributed by atoms with Gasteiger partial charge in [-0.05, 0) is 70.5 Å². The van der Waals surface area contributed by atoms with E-state index < -0.39 is 0 Å². The zero-order chi connectivity index (χ0) is 18.6. The number of piperidine rings is 1. The van der Waals surface area contributed by atoms with Crippen LogP contribution in [-0.2, 0) is 9.53 Å². The molecular weight excluding hydrogens is 330 g/mol. The molecule has 1 amide bonds. The van der Waals surface area contributed by atoms with Gasteiger partial charge in [-0.15, -0.1) is 0 Å². The van der Waals surface area contributed by atoms with Crippen LogP contribution >= 0.6 is 0 Å². The summed E-state index contributed by atoms with van der Waals surface area (Å²) in [7, 11) is 1.81. The van der Waals surface area contributed by atoms with Crippen molar-refractivity contribution in [3.8, 4) is 0 Å². The van der Waals surface area contributed by atoms with Crippen LogP contribution in [0, 0.1) is 11.8 Å². The van der Waals surface area contributed by atoms with E-state index in [9.17, 15) is 4.79 Å². The molecule has 0 unspecified atom stereocenters.